The average Bonchev–Trinajstić information content (AvgIpc) is 2.94. The molecule has 1 aliphatic heterocycles. The normalized spacial score (nSPS) is 18.6. The molecule has 0 saturated carbocycles. The highest BCUT2D eigenvalue weighted by Gasteiger charge is 2.24. The molecule has 0 aliphatic carbocycles. The van der Waals surface area contributed by atoms with Crippen LogP contribution in [0.15, 0.2) is 29.9 Å². The molecule has 0 N–H and O–H groups in total. The number of hydrogen-bond donors (Lipinski definition) is 0. The number of rotatable bonds is 8. The van der Waals surface area contributed by atoms with Crippen molar-refractivity contribution in [3.8, 4) is 12.3 Å². The summed E-state index contributed by atoms with van der Waals surface area (Å²) < 4.78 is 2.09. The molecule has 1 atom stereocenters. The van der Waals surface area contributed by atoms with Crippen LogP contribution in [-0.4, -0.2) is 41.7 Å². The zero-order valence-corrected chi connectivity index (χ0v) is 15.0. The quantitative estimate of drug-likeness (QED) is 0.314. The summed E-state index contributed by atoms with van der Waals surface area (Å²) >= 11 is 0. The SMILES string of the molecule is C#CC/C=C/c1cc(C2CCCN(CCC=O)C2)c(C)n1C=NC=C. The number of likely N-dealkylation sites (tertiary alicyclic amines) is 1. The molecule has 1 unspecified atom stereocenters. The van der Waals surface area contributed by atoms with Crippen LogP contribution in [-0.2, 0) is 4.79 Å². The van der Waals surface area contributed by atoms with Crippen LogP contribution in [0.5, 0.6) is 0 Å². The Balaban J connectivity index is 2.27. The monoisotopic (exact) mass is 337 g/mol. The Morgan fingerprint density at radius 3 is 3.08 bits per heavy atom. The lowest BCUT2D eigenvalue weighted by Gasteiger charge is -2.32. The largest absolute Gasteiger partial charge is 0.305 e. The minimum atomic E-state index is 0.485. The van der Waals surface area contributed by atoms with Crippen molar-refractivity contribution in [2.75, 3.05) is 19.6 Å². The highest BCUT2D eigenvalue weighted by atomic mass is 16.1. The molecule has 0 radical (unpaired) electrons. The average molecular weight is 337 g/mol. The summed E-state index contributed by atoms with van der Waals surface area (Å²) in [7, 11) is 0. The molecule has 1 aliphatic rings. The first-order valence-electron chi connectivity index (χ1n) is 8.83. The lowest BCUT2D eigenvalue weighted by molar-refractivity contribution is -0.108. The Labute approximate surface area is 150 Å². The Morgan fingerprint density at radius 2 is 2.36 bits per heavy atom. The summed E-state index contributed by atoms with van der Waals surface area (Å²) in [5.74, 6) is 3.11. The van der Waals surface area contributed by atoms with Crippen LogP contribution in [0.3, 0.4) is 0 Å². The van der Waals surface area contributed by atoms with Crippen LogP contribution >= 0.6 is 0 Å². The number of hydrogen-bond acceptors (Lipinski definition) is 3. The third kappa shape index (κ3) is 5.04. The molecular weight excluding hydrogens is 310 g/mol. The predicted octanol–water partition coefficient (Wildman–Crippen LogP) is 3.62. The summed E-state index contributed by atoms with van der Waals surface area (Å²) in [6.45, 7) is 8.73. The van der Waals surface area contributed by atoms with E-state index in [1.165, 1.54) is 23.9 Å². The summed E-state index contributed by atoms with van der Waals surface area (Å²) in [5.41, 5.74) is 3.64. The van der Waals surface area contributed by atoms with Gasteiger partial charge in [0.15, 0.2) is 0 Å². The van der Waals surface area contributed by atoms with E-state index in [0.29, 0.717) is 18.8 Å². The first-order chi connectivity index (χ1) is 12.2. The summed E-state index contributed by atoms with van der Waals surface area (Å²) in [5, 5.41) is 0. The summed E-state index contributed by atoms with van der Waals surface area (Å²) in [4.78, 5) is 17.2. The van der Waals surface area contributed by atoms with E-state index in [1.807, 2.05) is 6.08 Å². The number of terminal acetylenes is 1. The fraction of sp³-hybridized carbons (Fsp3) is 0.429. The van der Waals surface area contributed by atoms with Crippen molar-refractivity contribution < 1.29 is 4.79 Å². The zero-order valence-electron chi connectivity index (χ0n) is 15.0. The Kier molecular flexibility index (Phi) is 7.43. The lowest BCUT2D eigenvalue weighted by atomic mass is 9.90. The Morgan fingerprint density at radius 1 is 1.52 bits per heavy atom. The van der Waals surface area contributed by atoms with Gasteiger partial charge in [0.1, 0.15) is 6.29 Å². The minimum absolute atomic E-state index is 0.485. The molecule has 132 valence electrons. The fourth-order valence-electron chi connectivity index (χ4n) is 3.47. The number of allylic oxidation sites excluding steroid dienone is 1. The highest BCUT2D eigenvalue weighted by molar-refractivity contribution is 5.68. The molecule has 0 bridgehead atoms. The van der Waals surface area contributed by atoms with Gasteiger partial charge >= 0.3 is 0 Å². The van der Waals surface area contributed by atoms with Gasteiger partial charge in [-0.25, -0.2) is 4.99 Å². The van der Waals surface area contributed by atoms with Gasteiger partial charge in [-0.1, -0.05) is 12.7 Å². The summed E-state index contributed by atoms with van der Waals surface area (Å²) in [6.07, 6.45) is 17.3. The second kappa shape index (κ2) is 9.80. The first kappa shape index (κ1) is 19.0. The summed E-state index contributed by atoms with van der Waals surface area (Å²) in [6, 6.07) is 2.24. The van der Waals surface area contributed by atoms with Crippen LogP contribution in [0.25, 0.3) is 6.08 Å². The maximum absolute atomic E-state index is 10.7. The van der Waals surface area contributed by atoms with Crippen molar-refractivity contribution in [1.29, 1.82) is 0 Å². The lowest BCUT2D eigenvalue weighted by Crippen LogP contribution is -2.35. The second-order valence-corrected chi connectivity index (χ2v) is 6.33. The van der Waals surface area contributed by atoms with E-state index in [9.17, 15) is 4.79 Å². The third-order valence-corrected chi connectivity index (χ3v) is 4.68. The smallest absolute Gasteiger partial charge is 0.121 e. The number of piperidine rings is 1. The van der Waals surface area contributed by atoms with Crippen molar-refractivity contribution >= 4 is 18.7 Å². The molecule has 0 spiro atoms. The molecule has 25 heavy (non-hydrogen) atoms. The van der Waals surface area contributed by atoms with Crippen molar-refractivity contribution in [3.63, 3.8) is 0 Å². The van der Waals surface area contributed by atoms with Crippen molar-refractivity contribution in [2.45, 2.75) is 38.5 Å². The first-order valence-corrected chi connectivity index (χ1v) is 8.83. The van der Waals surface area contributed by atoms with Crippen LogP contribution in [0.1, 0.15) is 48.6 Å². The topological polar surface area (TPSA) is 37.6 Å². The number of aromatic nitrogens is 1. The van der Waals surface area contributed by atoms with E-state index in [2.05, 4.69) is 46.0 Å². The van der Waals surface area contributed by atoms with Gasteiger partial charge in [0.05, 0.1) is 6.34 Å². The molecule has 0 aromatic carbocycles. The second-order valence-electron chi connectivity index (χ2n) is 6.33. The van der Waals surface area contributed by atoms with Gasteiger partial charge in [0, 0.05) is 43.5 Å². The molecule has 2 rings (SSSR count). The van der Waals surface area contributed by atoms with E-state index < -0.39 is 0 Å². The molecule has 1 aromatic heterocycles. The van der Waals surface area contributed by atoms with Crippen molar-refractivity contribution in [3.05, 3.63) is 41.9 Å². The van der Waals surface area contributed by atoms with Crippen LogP contribution in [0.4, 0.5) is 0 Å². The fourth-order valence-corrected chi connectivity index (χ4v) is 3.47. The van der Waals surface area contributed by atoms with E-state index in [1.54, 1.807) is 6.34 Å². The van der Waals surface area contributed by atoms with Crippen LogP contribution in [0, 0.1) is 19.3 Å². The third-order valence-electron chi connectivity index (χ3n) is 4.68. The van der Waals surface area contributed by atoms with E-state index in [0.717, 1.165) is 38.0 Å². The number of carbonyl (C=O) groups excluding carboxylic acids is 1. The van der Waals surface area contributed by atoms with Gasteiger partial charge in [0.2, 0.25) is 0 Å². The molecule has 2 heterocycles. The van der Waals surface area contributed by atoms with Crippen LogP contribution < -0.4 is 0 Å². The van der Waals surface area contributed by atoms with Gasteiger partial charge in [0.25, 0.3) is 0 Å². The van der Waals surface area contributed by atoms with E-state index in [-0.39, 0.29) is 0 Å². The standard InChI is InChI=1S/C21H27N3O/c1-4-6-7-11-20-15-21(18(3)24(20)17-22-5-2)19-10-8-12-23(16-19)13-9-14-25/h1,5,7,11,14-15,17,19H,2,6,8-10,12-13,16H2,3H3/b11-7+,22-17?. The Hall–Kier alpha value is -2.38. The minimum Gasteiger partial charge on any atom is -0.305 e. The Bertz CT molecular complexity index is 691. The molecule has 0 amide bonds. The van der Waals surface area contributed by atoms with Crippen molar-refractivity contribution in [1.82, 2.24) is 9.47 Å². The molecule has 1 aromatic rings. The highest BCUT2D eigenvalue weighted by Crippen LogP contribution is 2.31. The maximum atomic E-state index is 10.7. The molecule has 4 heteroatoms. The van der Waals surface area contributed by atoms with E-state index >= 15 is 0 Å². The van der Waals surface area contributed by atoms with Gasteiger partial charge in [-0.2, -0.15) is 0 Å². The van der Waals surface area contributed by atoms with Crippen molar-refractivity contribution in [2.24, 2.45) is 4.99 Å². The van der Waals surface area contributed by atoms with Gasteiger partial charge in [-0.05, 0) is 49.9 Å². The van der Waals surface area contributed by atoms with Gasteiger partial charge in [-0.15, -0.1) is 12.3 Å². The number of nitrogens with zero attached hydrogens (tertiary/aromatic N) is 3. The zero-order chi connectivity index (χ0) is 18.1. The van der Waals surface area contributed by atoms with Crippen LogP contribution in [0.2, 0.25) is 0 Å². The molecular formula is C21H27N3O. The predicted molar refractivity (Wildman–Crippen MR) is 105 cm³/mol. The number of aldehydes is 1. The number of aliphatic imine (C=N–C) groups is 1. The maximum Gasteiger partial charge on any atom is 0.121 e. The van der Waals surface area contributed by atoms with E-state index in [4.69, 9.17) is 6.42 Å². The van der Waals surface area contributed by atoms with Gasteiger partial charge < -0.3 is 14.3 Å². The molecule has 4 nitrogen and oxygen atoms in total. The number of carbonyl (C=O) groups is 1. The molecule has 1 saturated heterocycles. The van der Waals surface area contributed by atoms with Gasteiger partial charge in [-0.3, -0.25) is 0 Å². The molecule has 1 fully saturated rings.